The molecule has 1 aromatic carbocycles. The molecule has 1 N–H and O–H groups in total. The van der Waals surface area contributed by atoms with Crippen LogP contribution in [0.4, 0.5) is 4.39 Å². The summed E-state index contributed by atoms with van der Waals surface area (Å²) in [6, 6.07) is 6.18. The molecule has 3 nitrogen and oxygen atoms in total. The van der Waals surface area contributed by atoms with Crippen molar-refractivity contribution in [3.8, 4) is 5.75 Å². The summed E-state index contributed by atoms with van der Waals surface area (Å²) in [4.78, 5) is 11.4. The molecule has 4 rings (SSSR count). The van der Waals surface area contributed by atoms with Crippen LogP contribution in [0, 0.1) is 16.6 Å². The van der Waals surface area contributed by atoms with E-state index in [-0.39, 0.29) is 11.2 Å². The van der Waals surface area contributed by atoms with Crippen LogP contribution in [-0.4, -0.2) is 17.7 Å². The molecule has 0 heterocycles. The number of carboxylic acids is 1. The van der Waals surface area contributed by atoms with Crippen LogP contribution in [0.1, 0.15) is 38.5 Å². The summed E-state index contributed by atoms with van der Waals surface area (Å²) in [5.41, 5.74) is -0.399. The number of fused-ring (bicyclic) bond motifs is 3. The van der Waals surface area contributed by atoms with Gasteiger partial charge in [-0.25, -0.2) is 4.39 Å². The van der Waals surface area contributed by atoms with Crippen molar-refractivity contribution in [2.24, 2.45) is 10.8 Å². The lowest BCUT2D eigenvalue weighted by molar-refractivity contribution is -0.160. The van der Waals surface area contributed by atoms with E-state index in [0.29, 0.717) is 12.4 Å². The summed E-state index contributed by atoms with van der Waals surface area (Å²) < 4.78 is 18.9. The molecule has 3 aliphatic carbocycles. The van der Waals surface area contributed by atoms with Gasteiger partial charge in [-0.15, -0.1) is 0 Å². The van der Waals surface area contributed by atoms with Gasteiger partial charge in [0, 0.05) is 11.5 Å². The summed E-state index contributed by atoms with van der Waals surface area (Å²) >= 11 is 0. The van der Waals surface area contributed by atoms with Gasteiger partial charge in [0.1, 0.15) is 11.6 Å². The Morgan fingerprint density at radius 2 is 1.85 bits per heavy atom. The number of hydrogen-bond acceptors (Lipinski definition) is 2. The SMILES string of the molecule is O=C(O)C12CCC(COc3cccc(F)c3)(CC1)CC2. The number of carboxylic acid groups (broad SMARTS) is 1. The molecule has 108 valence electrons. The summed E-state index contributed by atoms with van der Waals surface area (Å²) in [6.07, 6.45) is 4.93. The summed E-state index contributed by atoms with van der Waals surface area (Å²) in [5, 5.41) is 9.36. The van der Waals surface area contributed by atoms with E-state index in [9.17, 15) is 14.3 Å². The van der Waals surface area contributed by atoms with Crippen LogP contribution < -0.4 is 4.74 Å². The van der Waals surface area contributed by atoms with Gasteiger partial charge in [-0.2, -0.15) is 0 Å². The van der Waals surface area contributed by atoms with Gasteiger partial charge in [0.2, 0.25) is 0 Å². The van der Waals surface area contributed by atoms with Crippen molar-refractivity contribution >= 4 is 5.97 Å². The molecule has 2 bridgehead atoms. The van der Waals surface area contributed by atoms with Crippen LogP contribution >= 0.6 is 0 Å². The minimum absolute atomic E-state index is 0.0868. The van der Waals surface area contributed by atoms with Gasteiger partial charge < -0.3 is 9.84 Å². The second-order valence-electron chi connectivity index (χ2n) is 6.33. The standard InChI is InChI=1S/C16H19FO3/c17-12-2-1-3-13(10-12)20-11-15-4-7-16(8-5-15,9-6-15)14(18)19/h1-3,10H,4-9,11H2,(H,18,19). The smallest absolute Gasteiger partial charge is 0.309 e. The largest absolute Gasteiger partial charge is 0.493 e. The number of carbonyl (C=O) groups is 1. The number of benzene rings is 1. The Morgan fingerprint density at radius 3 is 2.40 bits per heavy atom. The van der Waals surface area contributed by atoms with Crippen LogP contribution in [0.15, 0.2) is 24.3 Å². The normalized spacial score (nSPS) is 32.0. The topological polar surface area (TPSA) is 46.5 Å². The van der Waals surface area contributed by atoms with E-state index in [1.54, 1.807) is 12.1 Å². The Bertz CT molecular complexity index is 502. The monoisotopic (exact) mass is 278 g/mol. The molecular formula is C16H19FO3. The predicted octanol–water partition coefficient (Wildman–Crippen LogP) is 3.63. The van der Waals surface area contributed by atoms with E-state index in [1.807, 2.05) is 0 Å². The Balaban J connectivity index is 1.64. The average molecular weight is 278 g/mol. The van der Waals surface area contributed by atoms with E-state index >= 15 is 0 Å². The van der Waals surface area contributed by atoms with Crippen molar-refractivity contribution in [2.75, 3.05) is 6.61 Å². The summed E-state index contributed by atoms with van der Waals surface area (Å²) in [6.45, 7) is 0.562. The van der Waals surface area contributed by atoms with Gasteiger partial charge in [0.15, 0.2) is 0 Å². The molecule has 20 heavy (non-hydrogen) atoms. The van der Waals surface area contributed by atoms with Gasteiger partial charge in [-0.1, -0.05) is 6.07 Å². The second kappa shape index (κ2) is 4.76. The maximum Gasteiger partial charge on any atom is 0.309 e. The van der Waals surface area contributed by atoms with Crippen LogP contribution in [0.5, 0.6) is 5.75 Å². The second-order valence-corrected chi connectivity index (χ2v) is 6.33. The van der Waals surface area contributed by atoms with E-state index < -0.39 is 11.4 Å². The summed E-state index contributed by atoms with van der Waals surface area (Å²) in [5.74, 6) is -0.381. The Morgan fingerprint density at radius 1 is 1.20 bits per heavy atom. The van der Waals surface area contributed by atoms with Crippen molar-refractivity contribution in [2.45, 2.75) is 38.5 Å². The maximum absolute atomic E-state index is 13.1. The number of aliphatic carboxylic acids is 1. The van der Waals surface area contributed by atoms with Crippen LogP contribution in [0.2, 0.25) is 0 Å². The minimum Gasteiger partial charge on any atom is -0.493 e. The first-order chi connectivity index (χ1) is 9.54. The molecule has 0 spiro atoms. The van der Waals surface area contributed by atoms with Gasteiger partial charge in [-0.05, 0) is 50.7 Å². The zero-order valence-corrected chi connectivity index (χ0v) is 11.4. The third-order valence-electron chi connectivity index (χ3n) is 5.20. The van der Waals surface area contributed by atoms with E-state index in [0.717, 1.165) is 38.5 Å². The lowest BCUT2D eigenvalue weighted by Crippen LogP contribution is -2.48. The van der Waals surface area contributed by atoms with Crippen LogP contribution in [0.25, 0.3) is 0 Å². The number of rotatable bonds is 4. The zero-order chi connectivity index (χ0) is 14.2. The molecule has 0 atom stereocenters. The fourth-order valence-corrected chi connectivity index (χ4v) is 3.59. The fraction of sp³-hybridized carbons (Fsp3) is 0.562. The Hall–Kier alpha value is -1.58. The average Bonchev–Trinajstić information content (AvgIpc) is 2.47. The van der Waals surface area contributed by atoms with Gasteiger partial charge in [0.25, 0.3) is 0 Å². The molecule has 3 aliphatic rings. The molecule has 0 saturated heterocycles. The molecule has 4 heteroatoms. The van der Waals surface area contributed by atoms with E-state index in [2.05, 4.69) is 0 Å². The minimum atomic E-state index is -0.642. The fourth-order valence-electron chi connectivity index (χ4n) is 3.59. The Kier molecular flexibility index (Phi) is 3.19. The van der Waals surface area contributed by atoms with Gasteiger partial charge >= 0.3 is 5.97 Å². The highest BCUT2D eigenvalue weighted by atomic mass is 19.1. The third kappa shape index (κ3) is 2.28. The maximum atomic E-state index is 13.1. The van der Waals surface area contributed by atoms with Gasteiger partial charge in [0.05, 0.1) is 12.0 Å². The van der Waals surface area contributed by atoms with E-state index in [1.165, 1.54) is 12.1 Å². The lowest BCUT2D eigenvalue weighted by Gasteiger charge is -2.51. The van der Waals surface area contributed by atoms with Crippen LogP contribution in [0.3, 0.4) is 0 Å². The number of ether oxygens (including phenoxy) is 1. The molecule has 0 amide bonds. The molecule has 0 aromatic heterocycles. The highest BCUT2D eigenvalue weighted by Gasteiger charge is 2.52. The molecule has 0 radical (unpaired) electrons. The van der Waals surface area contributed by atoms with E-state index in [4.69, 9.17) is 4.74 Å². The molecule has 0 unspecified atom stereocenters. The zero-order valence-electron chi connectivity index (χ0n) is 11.4. The quantitative estimate of drug-likeness (QED) is 0.914. The lowest BCUT2D eigenvalue weighted by atomic mass is 9.54. The highest BCUT2D eigenvalue weighted by molar-refractivity contribution is 5.75. The first kappa shape index (κ1) is 13.4. The highest BCUT2D eigenvalue weighted by Crippen LogP contribution is 2.57. The van der Waals surface area contributed by atoms with Crippen molar-refractivity contribution in [1.29, 1.82) is 0 Å². The van der Waals surface area contributed by atoms with Gasteiger partial charge in [-0.3, -0.25) is 4.79 Å². The third-order valence-corrected chi connectivity index (χ3v) is 5.20. The first-order valence-corrected chi connectivity index (χ1v) is 7.16. The predicted molar refractivity (Wildman–Crippen MR) is 72.1 cm³/mol. The van der Waals surface area contributed by atoms with Crippen molar-refractivity contribution in [3.63, 3.8) is 0 Å². The molecule has 1 aromatic rings. The van der Waals surface area contributed by atoms with Crippen molar-refractivity contribution in [3.05, 3.63) is 30.1 Å². The molecule has 3 saturated carbocycles. The first-order valence-electron chi connectivity index (χ1n) is 7.16. The van der Waals surface area contributed by atoms with Crippen molar-refractivity contribution < 1.29 is 19.0 Å². The molecular weight excluding hydrogens is 259 g/mol. The van der Waals surface area contributed by atoms with Crippen LogP contribution in [-0.2, 0) is 4.79 Å². The van der Waals surface area contributed by atoms with Crippen molar-refractivity contribution in [1.82, 2.24) is 0 Å². The Labute approximate surface area is 117 Å². The molecule has 3 fully saturated rings. The number of halogens is 1. The molecule has 0 aliphatic heterocycles. The summed E-state index contributed by atoms with van der Waals surface area (Å²) in [7, 11) is 0. The number of hydrogen-bond donors (Lipinski definition) is 1.